The van der Waals surface area contributed by atoms with Crippen molar-refractivity contribution in [1.82, 2.24) is 9.47 Å². The molecule has 0 aliphatic carbocycles. The molecule has 1 N–H and O–H groups in total. The van der Waals surface area contributed by atoms with Gasteiger partial charge in [-0.15, -0.1) is 0 Å². The van der Waals surface area contributed by atoms with Crippen molar-refractivity contribution in [3.63, 3.8) is 0 Å². The Kier molecular flexibility index (Phi) is 5.41. The molecule has 0 atom stereocenters. The van der Waals surface area contributed by atoms with Crippen LogP contribution in [0.1, 0.15) is 18.9 Å². The van der Waals surface area contributed by atoms with Crippen molar-refractivity contribution in [2.45, 2.75) is 19.9 Å². The molecular formula is C25H22N4O2S. The minimum absolute atomic E-state index is 0.164. The number of ether oxygens (including phenoxy) is 1. The minimum Gasteiger partial charge on any atom is -0.494 e. The molecule has 0 fully saturated rings. The number of hydrogen-bond donors (Lipinski definition) is 1. The van der Waals surface area contributed by atoms with Gasteiger partial charge in [-0.2, -0.15) is 4.99 Å². The number of aromatic nitrogens is 1. The number of amides is 1. The highest BCUT2D eigenvalue weighted by Gasteiger charge is 2.33. The number of amidine groups is 2. The molecule has 2 aliphatic rings. The lowest BCUT2D eigenvalue weighted by Crippen LogP contribution is -2.35. The zero-order valence-corrected chi connectivity index (χ0v) is 18.4. The summed E-state index contributed by atoms with van der Waals surface area (Å²) in [5, 5.41) is 10.1. The number of benzene rings is 2. The Morgan fingerprint density at radius 2 is 1.91 bits per heavy atom. The van der Waals surface area contributed by atoms with E-state index >= 15 is 0 Å². The topological polar surface area (TPSA) is 70.7 Å². The van der Waals surface area contributed by atoms with Crippen LogP contribution in [0.3, 0.4) is 0 Å². The van der Waals surface area contributed by atoms with E-state index in [1.54, 1.807) is 11.0 Å². The lowest BCUT2D eigenvalue weighted by Gasteiger charge is -2.22. The Morgan fingerprint density at radius 3 is 2.75 bits per heavy atom. The normalized spacial score (nSPS) is 17.0. The van der Waals surface area contributed by atoms with Crippen LogP contribution in [0.25, 0.3) is 17.0 Å². The summed E-state index contributed by atoms with van der Waals surface area (Å²) in [7, 11) is 0. The van der Waals surface area contributed by atoms with Crippen LogP contribution in [0.2, 0.25) is 0 Å². The van der Waals surface area contributed by atoms with Gasteiger partial charge in [0.25, 0.3) is 5.91 Å². The van der Waals surface area contributed by atoms with Crippen molar-refractivity contribution >= 4 is 45.7 Å². The molecule has 5 rings (SSSR count). The second-order valence-corrected chi connectivity index (χ2v) is 8.84. The van der Waals surface area contributed by atoms with Gasteiger partial charge in [-0.25, -0.2) is 0 Å². The SMILES string of the molecule is CC1=CN2C(=N)C(=Cc3cn(CCCOc4ccccc4)c4ccccc34)C(=O)N=C2S1. The van der Waals surface area contributed by atoms with E-state index in [1.807, 2.05) is 67.9 Å². The van der Waals surface area contributed by atoms with Crippen LogP contribution >= 0.6 is 11.8 Å². The fourth-order valence-corrected chi connectivity index (χ4v) is 4.69. The maximum atomic E-state index is 12.7. The van der Waals surface area contributed by atoms with Crippen molar-refractivity contribution in [3.8, 4) is 5.75 Å². The van der Waals surface area contributed by atoms with Crippen LogP contribution in [0.5, 0.6) is 5.75 Å². The van der Waals surface area contributed by atoms with Crippen LogP contribution < -0.4 is 4.74 Å². The predicted octanol–water partition coefficient (Wildman–Crippen LogP) is 5.28. The number of thioether (sulfide) groups is 1. The standard InChI is InChI=1S/C25H22N4O2S/c1-17-15-29-23(26)21(24(30)27-25(29)32-17)14-18-16-28(22-11-6-5-10-20(18)22)12-7-13-31-19-8-3-2-4-9-19/h2-6,8-11,14-16,26H,7,12-13H2,1H3. The quantitative estimate of drug-likeness (QED) is 0.417. The number of carbonyl (C=O) groups is 1. The number of hydrogen-bond acceptors (Lipinski definition) is 4. The molecule has 0 spiro atoms. The molecule has 3 aromatic rings. The zero-order valence-electron chi connectivity index (χ0n) is 17.6. The Morgan fingerprint density at radius 1 is 1.12 bits per heavy atom. The fourth-order valence-electron chi connectivity index (χ4n) is 3.87. The van der Waals surface area contributed by atoms with E-state index in [4.69, 9.17) is 10.1 Å². The summed E-state index contributed by atoms with van der Waals surface area (Å²) in [6, 6.07) is 17.9. The van der Waals surface area contributed by atoms with E-state index < -0.39 is 0 Å². The molecule has 160 valence electrons. The molecule has 3 heterocycles. The first kappa shape index (κ1) is 20.3. The number of aliphatic imine (C=N–C) groups is 1. The Balaban J connectivity index is 1.39. The van der Waals surface area contributed by atoms with Crippen molar-refractivity contribution < 1.29 is 9.53 Å². The van der Waals surface area contributed by atoms with Crippen LogP contribution in [-0.2, 0) is 11.3 Å². The molecular weight excluding hydrogens is 420 g/mol. The van der Waals surface area contributed by atoms with Crippen molar-refractivity contribution in [3.05, 3.63) is 83.0 Å². The van der Waals surface area contributed by atoms with Gasteiger partial charge in [-0.05, 0) is 37.6 Å². The summed E-state index contributed by atoms with van der Waals surface area (Å²) in [4.78, 5) is 19.5. The average molecular weight is 443 g/mol. The Hall–Kier alpha value is -3.58. The first-order valence-corrected chi connectivity index (χ1v) is 11.3. The molecule has 1 aromatic heterocycles. The predicted molar refractivity (Wildman–Crippen MR) is 130 cm³/mol. The van der Waals surface area contributed by atoms with Crippen LogP contribution in [0, 0.1) is 5.41 Å². The molecule has 0 saturated heterocycles. The maximum Gasteiger partial charge on any atom is 0.283 e. The van der Waals surface area contributed by atoms with E-state index in [1.165, 1.54) is 11.8 Å². The van der Waals surface area contributed by atoms with Crippen molar-refractivity contribution in [2.24, 2.45) is 4.99 Å². The number of nitrogens with one attached hydrogen (secondary N) is 1. The van der Waals surface area contributed by atoms with Gasteiger partial charge in [-0.3, -0.25) is 15.1 Å². The third kappa shape index (κ3) is 3.87. The molecule has 32 heavy (non-hydrogen) atoms. The number of fused-ring (bicyclic) bond motifs is 2. The minimum atomic E-state index is -0.370. The van der Waals surface area contributed by atoms with E-state index in [9.17, 15) is 4.79 Å². The summed E-state index contributed by atoms with van der Waals surface area (Å²) in [5.74, 6) is 0.663. The highest BCUT2D eigenvalue weighted by molar-refractivity contribution is 8.17. The largest absolute Gasteiger partial charge is 0.494 e. The van der Waals surface area contributed by atoms with Gasteiger partial charge >= 0.3 is 0 Å². The van der Waals surface area contributed by atoms with Crippen LogP contribution in [0.15, 0.2) is 82.5 Å². The maximum absolute atomic E-state index is 12.7. The number of rotatable bonds is 6. The average Bonchev–Trinajstić information content (AvgIpc) is 3.35. The number of aryl methyl sites for hydroxylation is 1. The van der Waals surface area contributed by atoms with E-state index in [-0.39, 0.29) is 11.7 Å². The number of allylic oxidation sites excluding steroid dienone is 1. The van der Waals surface area contributed by atoms with Gasteiger partial charge in [0.05, 0.1) is 12.2 Å². The molecule has 2 aromatic carbocycles. The van der Waals surface area contributed by atoms with Gasteiger partial charge in [0.2, 0.25) is 0 Å². The lowest BCUT2D eigenvalue weighted by molar-refractivity contribution is -0.114. The van der Waals surface area contributed by atoms with E-state index in [2.05, 4.69) is 15.6 Å². The molecule has 0 bridgehead atoms. The van der Waals surface area contributed by atoms with Crippen molar-refractivity contribution in [1.29, 1.82) is 5.41 Å². The summed E-state index contributed by atoms with van der Waals surface area (Å²) < 4.78 is 8.00. The molecule has 0 unspecified atom stereocenters. The third-order valence-corrected chi connectivity index (χ3v) is 6.27. The van der Waals surface area contributed by atoms with E-state index in [0.717, 1.165) is 40.1 Å². The second kappa shape index (κ2) is 8.51. The monoisotopic (exact) mass is 442 g/mol. The zero-order chi connectivity index (χ0) is 22.1. The first-order valence-electron chi connectivity index (χ1n) is 10.4. The van der Waals surface area contributed by atoms with Crippen LogP contribution in [-0.4, -0.2) is 33.0 Å². The fraction of sp³-hybridized carbons (Fsp3) is 0.160. The molecule has 0 radical (unpaired) electrons. The highest BCUT2D eigenvalue weighted by atomic mass is 32.2. The number of para-hydroxylation sites is 2. The summed E-state index contributed by atoms with van der Waals surface area (Å²) in [6.45, 7) is 3.35. The summed E-state index contributed by atoms with van der Waals surface area (Å²) in [5.41, 5.74) is 2.30. The molecule has 1 amide bonds. The van der Waals surface area contributed by atoms with Crippen molar-refractivity contribution in [2.75, 3.05) is 6.61 Å². The number of nitrogens with zero attached hydrogens (tertiary/aromatic N) is 3. The van der Waals surface area contributed by atoms with Crippen LogP contribution in [0.4, 0.5) is 0 Å². The van der Waals surface area contributed by atoms with Gasteiger partial charge < -0.3 is 9.30 Å². The second-order valence-electron chi connectivity index (χ2n) is 7.63. The Labute approximate surface area is 190 Å². The summed E-state index contributed by atoms with van der Waals surface area (Å²) >= 11 is 1.41. The lowest BCUT2D eigenvalue weighted by atomic mass is 10.1. The molecule has 6 nitrogen and oxygen atoms in total. The third-order valence-electron chi connectivity index (χ3n) is 5.37. The highest BCUT2D eigenvalue weighted by Crippen LogP contribution is 2.33. The molecule has 7 heteroatoms. The molecule has 2 aliphatic heterocycles. The van der Waals surface area contributed by atoms with Gasteiger partial charge in [-0.1, -0.05) is 48.2 Å². The Bertz CT molecular complexity index is 1300. The number of carbonyl (C=O) groups excluding carboxylic acids is 1. The first-order chi connectivity index (χ1) is 15.6. The van der Waals surface area contributed by atoms with E-state index in [0.29, 0.717) is 17.3 Å². The van der Waals surface area contributed by atoms with Gasteiger partial charge in [0, 0.05) is 40.3 Å². The van der Waals surface area contributed by atoms with Gasteiger partial charge in [0.1, 0.15) is 11.6 Å². The summed E-state index contributed by atoms with van der Waals surface area (Å²) in [6.07, 6.45) is 6.53. The van der Waals surface area contributed by atoms with Gasteiger partial charge in [0.15, 0.2) is 5.17 Å². The smallest absolute Gasteiger partial charge is 0.283 e. The molecule has 0 saturated carbocycles.